The van der Waals surface area contributed by atoms with Gasteiger partial charge >= 0.3 is 0 Å². The third-order valence-corrected chi connectivity index (χ3v) is 3.28. The lowest BCUT2D eigenvalue weighted by Crippen LogP contribution is -2.36. The molecular formula is C8H10Cl2O2. The van der Waals surface area contributed by atoms with Gasteiger partial charge in [0.1, 0.15) is 10.3 Å². The van der Waals surface area contributed by atoms with E-state index in [-0.39, 0.29) is 5.78 Å². The van der Waals surface area contributed by atoms with Crippen molar-refractivity contribution in [2.75, 3.05) is 0 Å². The zero-order valence-electron chi connectivity index (χ0n) is 6.99. The quantitative estimate of drug-likeness (QED) is 0.376. The average Bonchev–Trinajstić information content (AvgIpc) is 2.15. The molecule has 0 bridgehead atoms. The van der Waals surface area contributed by atoms with Crippen LogP contribution in [0.3, 0.4) is 0 Å². The minimum atomic E-state index is -1.06. The number of ketones is 1. The Hall–Kier alpha value is -0.0800. The van der Waals surface area contributed by atoms with Crippen LogP contribution in [0.1, 0.15) is 26.7 Å². The van der Waals surface area contributed by atoms with Crippen LogP contribution in [0.5, 0.6) is 0 Å². The van der Waals surface area contributed by atoms with Crippen LogP contribution in [0, 0.1) is 5.41 Å². The highest BCUT2D eigenvalue weighted by Crippen LogP contribution is 2.45. The number of Topliss-reactive ketones (excluding diaryl/α,β-unsaturated/α-hetero) is 1. The summed E-state index contributed by atoms with van der Waals surface area (Å²) < 4.78 is 0. The Labute approximate surface area is 81.2 Å². The SMILES string of the molecule is C[C@]1(C(=O)Cl)CC[C@@](C)(Cl)C1=O. The number of alkyl halides is 1. The van der Waals surface area contributed by atoms with Crippen LogP contribution in [0.4, 0.5) is 0 Å². The highest BCUT2D eigenvalue weighted by Gasteiger charge is 2.54. The second-order valence-corrected chi connectivity index (χ2v) is 4.81. The molecule has 1 aliphatic rings. The Kier molecular flexibility index (Phi) is 2.26. The lowest BCUT2D eigenvalue weighted by molar-refractivity contribution is -0.134. The smallest absolute Gasteiger partial charge is 0.235 e. The van der Waals surface area contributed by atoms with Crippen LogP contribution in [0.25, 0.3) is 0 Å². The molecule has 0 amide bonds. The maximum Gasteiger partial charge on any atom is 0.235 e. The number of carbonyl (C=O) groups is 2. The maximum absolute atomic E-state index is 11.6. The normalized spacial score (nSPS) is 41.8. The molecule has 0 unspecified atom stereocenters. The molecule has 0 aromatic rings. The van der Waals surface area contributed by atoms with Crippen molar-refractivity contribution in [2.45, 2.75) is 31.6 Å². The van der Waals surface area contributed by atoms with Gasteiger partial charge in [-0.25, -0.2) is 0 Å². The molecule has 0 N–H and O–H groups in total. The molecule has 0 heterocycles. The Morgan fingerprint density at radius 2 is 1.92 bits per heavy atom. The van der Waals surface area contributed by atoms with Gasteiger partial charge in [-0.3, -0.25) is 9.59 Å². The van der Waals surface area contributed by atoms with Crippen LogP contribution in [-0.2, 0) is 9.59 Å². The topological polar surface area (TPSA) is 34.1 Å². The van der Waals surface area contributed by atoms with Crippen LogP contribution in [-0.4, -0.2) is 15.9 Å². The second-order valence-electron chi connectivity index (χ2n) is 3.63. The molecule has 4 heteroatoms. The Morgan fingerprint density at radius 1 is 1.42 bits per heavy atom. The first-order valence-electron chi connectivity index (χ1n) is 3.74. The van der Waals surface area contributed by atoms with E-state index in [4.69, 9.17) is 23.2 Å². The van der Waals surface area contributed by atoms with Crippen LogP contribution in [0.15, 0.2) is 0 Å². The molecule has 1 fully saturated rings. The maximum atomic E-state index is 11.6. The molecule has 0 aliphatic heterocycles. The van der Waals surface area contributed by atoms with Gasteiger partial charge in [0.05, 0.1) is 0 Å². The van der Waals surface area contributed by atoms with E-state index >= 15 is 0 Å². The monoisotopic (exact) mass is 208 g/mol. The van der Waals surface area contributed by atoms with Crippen LogP contribution < -0.4 is 0 Å². The average molecular weight is 209 g/mol. The molecule has 68 valence electrons. The summed E-state index contributed by atoms with van der Waals surface area (Å²) in [5.74, 6) is -0.253. The molecule has 0 radical (unpaired) electrons. The molecule has 0 aromatic heterocycles. The number of rotatable bonds is 1. The molecule has 0 spiro atoms. The van der Waals surface area contributed by atoms with E-state index in [0.29, 0.717) is 12.8 Å². The third kappa shape index (κ3) is 1.27. The zero-order chi connectivity index (χ0) is 9.57. The summed E-state index contributed by atoms with van der Waals surface area (Å²) in [6.07, 6.45) is 0.969. The van der Waals surface area contributed by atoms with Gasteiger partial charge in [-0.1, -0.05) is 0 Å². The van der Waals surface area contributed by atoms with E-state index < -0.39 is 15.5 Å². The number of halogens is 2. The summed E-state index contributed by atoms with van der Waals surface area (Å²) in [6.45, 7) is 3.18. The molecule has 2 nitrogen and oxygen atoms in total. The Balaban J connectivity index is 3.01. The van der Waals surface area contributed by atoms with Crippen molar-refractivity contribution in [3.8, 4) is 0 Å². The molecule has 1 rings (SSSR count). The highest BCUT2D eigenvalue weighted by atomic mass is 35.5. The van der Waals surface area contributed by atoms with Crippen molar-refractivity contribution in [3.05, 3.63) is 0 Å². The fraction of sp³-hybridized carbons (Fsp3) is 0.750. The molecule has 0 saturated heterocycles. The van der Waals surface area contributed by atoms with E-state index in [0.717, 1.165) is 0 Å². The van der Waals surface area contributed by atoms with Gasteiger partial charge in [0.25, 0.3) is 0 Å². The first-order valence-corrected chi connectivity index (χ1v) is 4.50. The number of carbonyl (C=O) groups excluding carboxylic acids is 2. The van der Waals surface area contributed by atoms with Crippen molar-refractivity contribution in [2.24, 2.45) is 5.41 Å². The molecular weight excluding hydrogens is 199 g/mol. The van der Waals surface area contributed by atoms with E-state index in [1.165, 1.54) is 0 Å². The van der Waals surface area contributed by atoms with Crippen molar-refractivity contribution in [1.82, 2.24) is 0 Å². The van der Waals surface area contributed by atoms with E-state index in [9.17, 15) is 9.59 Å². The summed E-state index contributed by atoms with van der Waals surface area (Å²) in [6, 6.07) is 0. The van der Waals surface area contributed by atoms with Gasteiger partial charge in [-0.15, -0.1) is 11.6 Å². The number of hydrogen-bond acceptors (Lipinski definition) is 2. The van der Waals surface area contributed by atoms with Crippen molar-refractivity contribution in [3.63, 3.8) is 0 Å². The first kappa shape index (κ1) is 10.0. The fourth-order valence-electron chi connectivity index (χ4n) is 1.47. The molecule has 1 saturated carbocycles. The van der Waals surface area contributed by atoms with Crippen molar-refractivity contribution < 1.29 is 9.59 Å². The summed E-state index contributed by atoms with van der Waals surface area (Å²) in [5.41, 5.74) is -1.06. The third-order valence-electron chi connectivity index (χ3n) is 2.50. The summed E-state index contributed by atoms with van der Waals surface area (Å²) >= 11 is 11.2. The van der Waals surface area contributed by atoms with Gasteiger partial charge in [-0.05, 0) is 38.3 Å². The standard InChI is InChI=1S/C8H10Cl2O2/c1-7(6(9)12)3-4-8(2,10)5(7)11/h3-4H2,1-2H3/t7-,8+/m0/s1. The second kappa shape index (κ2) is 2.71. The lowest BCUT2D eigenvalue weighted by Gasteiger charge is -2.18. The van der Waals surface area contributed by atoms with Gasteiger partial charge < -0.3 is 0 Å². The lowest BCUT2D eigenvalue weighted by atomic mass is 9.88. The minimum Gasteiger partial charge on any atom is -0.297 e. The Bertz CT molecular complexity index is 247. The number of hydrogen-bond donors (Lipinski definition) is 0. The van der Waals surface area contributed by atoms with Crippen LogP contribution >= 0.6 is 23.2 Å². The van der Waals surface area contributed by atoms with E-state index in [2.05, 4.69) is 0 Å². The zero-order valence-corrected chi connectivity index (χ0v) is 8.50. The molecule has 12 heavy (non-hydrogen) atoms. The largest absolute Gasteiger partial charge is 0.297 e. The van der Waals surface area contributed by atoms with Gasteiger partial charge in [0.2, 0.25) is 5.24 Å². The molecule has 2 atom stereocenters. The van der Waals surface area contributed by atoms with Gasteiger partial charge in [0, 0.05) is 0 Å². The summed E-state index contributed by atoms with van der Waals surface area (Å²) in [4.78, 5) is 21.6. The summed E-state index contributed by atoms with van der Waals surface area (Å²) in [5, 5.41) is -0.600. The van der Waals surface area contributed by atoms with Crippen molar-refractivity contribution in [1.29, 1.82) is 0 Å². The van der Waals surface area contributed by atoms with Crippen molar-refractivity contribution >= 4 is 34.2 Å². The predicted molar refractivity (Wildman–Crippen MR) is 47.5 cm³/mol. The van der Waals surface area contributed by atoms with E-state index in [1.807, 2.05) is 0 Å². The fourth-order valence-corrected chi connectivity index (χ4v) is 1.96. The predicted octanol–water partition coefficient (Wildman–Crippen LogP) is 2.12. The van der Waals surface area contributed by atoms with Crippen LogP contribution in [0.2, 0.25) is 0 Å². The first-order chi connectivity index (χ1) is 5.31. The molecule has 1 aliphatic carbocycles. The minimum absolute atomic E-state index is 0.253. The Morgan fingerprint density at radius 3 is 2.08 bits per heavy atom. The van der Waals surface area contributed by atoms with Gasteiger partial charge in [-0.2, -0.15) is 0 Å². The molecule has 0 aromatic carbocycles. The highest BCUT2D eigenvalue weighted by molar-refractivity contribution is 6.67. The summed E-state index contributed by atoms with van der Waals surface area (Å²) in [7, 11) is 0. The van der Waals surface area contributed by atoms with E-state index in [1.54, 1.807) is 13.8 Å². The van der Waals surface area contributed by atoms with Gasteiger partial charge in [0.15, 0.2) is 5.78 Å².